The number of nitrogens with one attached hydrogen (secondary N) is 1. The van der Waals surface area contributed by atoms with Crippen LogP contribution in [0.4, 0.5) is 5.69 Å². The first-order chi connectivity index (χ1) is 8.63. The molecule has 0 radical (unpaired) electrons. The fourth-order valence-electron chi connectivity index (χ4n) is 1.28. The van der Waals surface area contributed by atoms with Gasteiger partial charge in [-0.3, -0.25) is 19.8 Å². The molecule has 0 unspecified atom stereocenters. The van der Waals surface area contributed by atoms with E-state index in [4.69, 9.17) is 5.73 Å². The van der Waals surface area contributed by atoms with Crippen molar-refractivity contribution in [2.24, 2.45) is 10.7 Å². The van der Waals surface area contributed by atoms with E-state index in [-0.39, 0.29) is 29.7 Å². The second-order valence-corrected chi connectivity index (χ2v) is 3.77. The SMILES string of the molecule is CCCCN=C(N)NCCn1cc([N+](=O)[O-])cn1.I. The van der Waals surface area contributed by atoms with E-state index in [2.05, 4.69) is 22.3 Å². The van der Waals surface area contributed by atoms with Gasteiger partial charge in [-0.1, -0.05) is 13.3 Å². The van der Waals surface area contributed by atoms with Gasteiger partial charge in [-0.25, -0.2) is 0 Å². The van der Waals surface area contributed by atoms with Gasteiger partial charge in [-0.15, -0.1) is 24.0 Å². The number of aliphatic imine (C=N–C) groups is 1. The van der Waals surface area contributed by atoms with Crippen LogP contribution in [0.1, 0.15) is 19.8 Å². The van der Waals surface area contributed by atoms with Crippen LogP contribution >= 0.6 is 24.0 Å². The van der Waals surface area contributed by atoms with E-state index >= 15 is 0 Å². The Morgan fingerprint density at radius 2 is 2.42 bits per heavy atom. The first kappa shape index (κ1) is 17.6. The number of nitrogens with zero attached hydrogens (tertiary/aromatic N) is 4. The number of nitrogens with two attached hydrogens (primary N) is 1. The van der Waals surface area contributed by atoms with Gasteiger partial charge >= 0.3 is 5.69 Å². The normalized spacial score (nSPS) is 10.9. The smallest absolute Gasteiger partial charge is 0.306 e. The highest BCUT2D eigenvalue weighted by Gasteiger charge is 2.07. The van der Waals surface area contributed by atoms with Crippen LogP contribution in [0.25, 0.3) is 0 Å². The summed E-state index contributed by atoms with van der Waals surface area (Å²) in [6.07, 6.45) is 4.69. The van der Waals surface area contributed by atoms with Crippen molar-refractivity contribution >= 4 is 35.6 Å². The highest BCUT2D eigenvalue weighted by molar-refractivity contribution is 14.0. The second-order valence-electron chi connectivity index (χ2n) is 3.77. The van der Waals surface area contributed by atoms with Crippen molar-refractivity contribution in [1.29, 1.82) is 0 Å². The average Bonchev–Trinajstić information content (AvgIpc) is 2.78. The largest absolute Gasteiger partial charge is 0.370 e. The molecule has 0 aliphatic carbocycles. The lowest BCUT2D eigenvalue weighted by Crippen LogP contribution is -2.34. The highest BCUT2D eigenvalue weighted by atomic mass is 127. The predicted molar refractivity (Wildman–Crippen MR) is 83.7 cm³/mol. The Morgan fingerprint density at radius 1 is 1.68 bits per heavy atom. The molecule has 0 fully saturated rings. The lowest BCUT2D eigenvalue weighted by Gasteiger charge is -2.05. The van der Waals surface area contributed by atoms with E-state index in [0.717, 1.165) is 12.8 Å². The zero-order valence-corrected chi connectivity index (χ0v) is 13.1. The van der Waals surface area contributed by atoms with E-state index in [9.17, 15) is 10.1 Å². The minimum absolute atomic E-state index is 0. The molecule has 1 heterocycles. The Balaban J connectivity index is 0.00000324. The summed E-state index contributed by atoms with van der Waals surface area (Å²) in [7, 11) is 0. The Morgan fingerprint density at radius 3 is 3.00 bits per heavy atom. The van der Waals surface area contributed by atoms with Crippen molar-refractivity contribution in [3.63, 3.8) is 0 Å². The zero-order valence-electron chi connectivity index (χ0n) is 10.8. The summed E-state index contributed by atoms with van der Waals surface area (Å²) in [6, 6.07) is 0. The fraction of sp³-hybridized carbons (Fsp3) is 0.600. The van der Waals surface area contributed by atoms with E-state index in [0.29, 0.717) is 25.6 Å². The molecule has 1 rings (SSSR count). The third-order valence-corrected chi connectivity index (χ3v) is 2.27. The Labute approximate surface area is 128 Å². The molecule has 1 aromatic heterocycles. The molecule has 0 amide bonds. The van der Waals surface area contributed by atoms with Crippen LogP contribution in [0, 0.1) is 10.1 Å². The molecule has 0 aromatic carbocycles. The summed E-state index contributed by atoms with van der Waals surface area (Å²) in [4.78, 5) is 14.1. The van der Waals surface area contributed by atoms with Crippen molar-refractivity contribution in [3.8, 4) is 0 Å². The fourth-order valence-corrected chi connectivity index (χ4v) is 1.28. The summed E-state index contributed by atoms with van der Waals surface area (Å²) in [5.74, 6) is 0.394. The first-order valence-electron chi connectivity index (χ1n) is 5.84. The van der Waals surface area contributed by atoms with Crippen LogP contribution in [-0.4, -0.2) is 33.8 Å². The van der Waals surface area contributed by atoms with Crippen molar-refractivity contribution in [3.05, 3.63) is 22.5 Å². The van der Waals surface area contributed by atoms with E-state index in [1.165, 1.54) is 17.1 Å². The van der Waals surface area contributed by atoms with Gasteiger partial charge in [0.2, 0.25) is 0 Å². The molecule has 0 aliphatic rings. The Kier molecular flexibility index (Phi) is 8.83. The third kappa shape index (κ3) is 6.94. The number of nitro groups is 1. The monoisotopic (exact) mass is 382 g/mol. The van der Waals surface area contributed by atoms with Gasteiger partial charge in [0.1, 0.15) is 12.4 Å². The number of hydrogen-bond acceptors (Lipinski definition) is 4. The molecule has 0 saturated carbocycles. The number of aromatic nitrogens is 2. The minimum Gasteiger partial charge on any atom is -0.370 e. The zero-order chi connectivity index (χ0) is 13.4. The topological polar surface area (TPSA) is 111 Å². The van der Waals surface area contributed by atoms with Crippen LogP contribution in [0.2, 0.25) is 0 Å². The van der Waals surface area contributed by atoms with Gasteiger partial charge in [0.15, 0.2) is 5.96 Å². The molecule has 3 N–H and O–H groups in total. The van der Waals surface area contributed by atoms with E-state index in [1.54, 1.807) is 0 Å². The third-order valence-electron chi connectivity index (χ3n) is 2.27. The predicted octanol–water partition coefficient (Wildman–Crippen LogP) is 1.11. The van der Waals surface area contributed by atoms with E-state index < -0.39 is 4.92 Å². The molecule has 0 saturated heterocycles. The summed E-state index contributed by atoms with van der Waals surface area (Å²) in [6.45, 7) is 3.82. The number of rotatable bonds is 7. The average molecular weight is 382 g/mol. The second kappa shape index (κ2) is 9.53. The standard InChI is InChI=1S/C10H18N6O2.HI/c1-2-3-4-12-10(11)13-5-6-15-8-9(7-14-15)16(17)18;/h7-8H,2-6H2,1H3,(H3,11,12,13);1H. The van der Waals surface area contributed by atoms with Gasteiger partial charge in [-0.2, -0.15) is 5.10 Å². The number of hydrogen-bond donors (Lipinski definition) is 2. The molecule has 0 aliphatic heterocycles. The van der Waals surface area contributed by atoms with Crippen LogP contribution in [0.15, 0.2) is 17.4 Å². The molecule has 9 heteroatoms. The highest BCUT2D eigenvalue weighted by Crippen LogP contribution is 2.06. The van der Waals surface area contributed by atoms with Crippen LogP contribution in [-0.2, 0) is 6.54 Å². The van der Waals surface area contributed by atoms with Crippen molar-refractivity contribution < 1.29 is 4.92 Å². The van der Waals surface area contributed by atoms with Gasteiger partial charge in [0.25, 0.3) is 0 Å². The summed E-state index contributed by atoms with van der Waals surface area (Å²) in [5.41, 5.74) is 5.62. The van der Waals surface area contributed by atoms with Crippen molar-refractivity contribution in [2.45, 2.75) is 26.3 Å². The van der Waals surface area contributed by atoms with Crippen molar-refractivity contribution in [2.75, 3.05) is 13.1 Å². The maximum atomic E-state index is 10.4. The van der Waals surface area contributed by atoms with Gasteiger partial charge < -0.3 is 11.1 Å². The Bertz CT molecular complexity index is 420. The molecule has 19 heavy (non-hydrogen) atoms. The molecule has 8 nitrogen and oxygen atoms in total. The maximum absolute atomic E-state index is 10.4. The maximum Gasteiger partial charge on any atom is 0.306 e. The molecular weight excluding hydrogens is 363 g/mol. The molecule has 108 valence electrons. The minimum atomic E-state index is -0.475. The van der Waals surface area contributed by atoms with Gasteiger partial charge in [0, 0.05) is 13.1 Å². The van der Waals surface area contributed by atoms with Crippen LogP contribution < -0.4 is 11.1 Å². The lowest BCUT2D eigenvalue weighted by atomic mass is 10.3. The van der Waals surface area contributed by atoms with Crippen LogP contribution in [0.5, 0.6) is 0 Å². The Hall–Kier alpha value is -1.39. The molecule has 0 spiro atoms. The summed E-state index contributed by atoms with van der Waals surface area (Å²) < 4.78 is 1.49. The quantitative estimate of drug-likeness (QED) is 0.183. The molecular formula is C10H19IN6O2. The number of halogens is 1. The van der Waals surface area contributed by atoms with Gasteiger partial charge in [0.05, 0.1) is 11.5 Å². The molecule has 1 aromatic rings. The molecule has 0 bridgehead atoms. The van der Waals surface area contributed by atoms with Gasteiger partial charge in [-0.05, 0) is 6.42 Å². The lowest BCUT2D eigenvalue weighted by molar-refractivity contribution is -0.385. The van der Waals surface area contributed by atoms with E-state index in [1.807, 2.05) is 0 Å². The van der Waals surface area contributed by atoms with Crippen LogP contribution in [0.3, 0.4) is 0 Å². The number of guanidine groups is 1. The van der Waals surface area contributed by atoms with Crippen molar-refractivity contribution in [1.82, 2.24) is 15.1 Å². The summed E-state index contributed by atoms with van der Waals surface area (Å²) >= 11 is 0. The summed E-state index contributed by atoms with van der Waals surface area (Å²) in [5, 5.41) is 17.2. The first-order valence-corrected chi connectivity index (χ1v) is 5.84. The molecule has 0 atom stereocenters. The number of unbranched alkanes of at least 4 members (excludes halogenated alkanes) is 1.